The van der Waals surface area contributed by atoms with Gasteiger partial charge in [0.2, 0.25) is 5.91 Å². The number of aromatic amines is 1. The number of aryl methyl sites for hydroxylation is 1. The summed E-state index contributed by atoms with van der Waals surface area (Å²) in [6, 6.07) is 18.8. The maximum Gasteiger partial charge on any atom is 0.220 e. The van der Waals surface area contributed by atoms with E-state index in [-0.39, 0.29) is 11.9 Å². The van der Waals surface area contributed by atoms with E-state index in [4.69, 9.17) is 0 Å². The van der Waals surface area contributed by atoms with Crippen LogP contribution in [-0.2, 0) is 22.4 Å². The fourth-order valence-electron chi connectivity index (χ4n) is 4.33. The van der Waals surface area contributed by atoms with E-state index < -0.39 is 0 Å². The molecule has 1 heterocycles. The standard InChI is InChI=1S/C29H39N3O2/c1-2-26(33)14-8-4-7-13-25(22-30-20-19-23-11-5-3-6-12-23)32-29(34)18-17-24-21-31-28-16-10-9-15-27(24)28/h3,5-6,9-12,15-16,21,25,30-31H,2,4,7-8,13-14,17-20,22H2,1H3,(H,32,34). The smallest absolute Gasteiger partial charge is 0.220 e. The average Bonchev–Trinajstić information content (AvgIpc) is 3.28. The van der Waals surface area contributed by atoms with Crippen LogP contribution in [0.3, 0.4) is 0 Å². The largest absolute Gasteiger partial charge is 0.361 e. The molecule has 1 unspecified atom stereocenters. The fourth-order valence-corrected chi connectivity index (χ4v) is 4.33. The minimum Gasteiger partial charge on any atom is -0.361 e. The summed E-state index contributed by atoms with van der Waals surface area (Å²) < 4.78 is 0. The van der Waals surface area contributed by atoms with E-state index in [0.717, 1.165) is 57.1 Å². The highest BCUT2D eigenvalue weighted by molar-refractivity contribution is 5.84. The maximum atomic E-state index is 12.8. The van der Waals surface area contributed by atoms with Crippen LogP contribution in [-0.4, -0.2) is 35.8 Å². The van der Waals surface area contributed by atoms with Gasteiger partial charge in [0.05, 0.1) is 0 Å². The highest BCUT2D eigenvalue weighted by Crippen LogP contribution is 2.19. The van der Waals surface area contributed by atoms with Crippen LogP contribution in [0, 0.1) is 0 Å². The first kappa shape index (κ1) is 25.7. The molecule has 0 bridgehead atoms. The van der Waals surface area contributed by atoms with E-state index in [1.54, 1.807) is 0 Å². The van der Waals surface area contributed by atoms with Crippen molar-refractivity contribution in [2.45, 2.75) is 70.8 Å². The molecule has 34 heavy (non-hydrogen) atoms. The number of Topliss-reactive ketones (excluding diaryl/α,β-unsaturated/α-hetero) is 1. The van der Waals surface area contributed by atoms with E-state index in [2.05, 4.69) is 52.0 Å². The summed E-state index contributed by atoms with van der Waals surface area (Å²) in [5.41, 5.74) is 3.61. The highest BCUT2D eigenvalue weighted by Gasteiger charge is 2.13. The van der Waals surface area contributed by atoms with Crippen LogP contribution >= 0.6 is 0 Å². The summed E-state index contributed by atoms with van der Waals surface area (Å²) in [5.74, 6) is 0.436. The molecule has 0 saturated carbocycles. The van der Waals surface area contributed by atoms with Crippen molar-refractivity contribution in [2.24, 2.45) is 0 Å². The lowest BCUT2D eigenvalue weighted by molar-refractivity contribution is -0.121. The Balaban J connectivity index is 1.44. The van der Waals surface area contributed by atoms with Gasteiger partial charge in [0.1, 0.15) is 5.78 Å². The molecule has 3 rings (SSSR count). The molecule has 3 aromatic rings. The zero-order chi connectivity index (χ0) is 24.0. The summed E-state index contributed by atoms with van der Waals surface area (Å²) in [5, 5.41) is 7.98. The van der Waals surface area contributed by atoms with E-state index in [0.29, 0.717) is 25.0 Å². The average molecular weight is 462 g/mol. The second-order valence-corrected chi connectivity index (χ2v) is 9.06. The van der Waals surface area contributed by atoms with Crippen molar-refractivity contribution >= 4 is 22.6 Å². The number of aromatic nitrogens is 1. The molecule has 5 heteroatoms. The van der Waals surface area contributed by atoms with Crippen molar-refractivity contribution in [2.75, 3.05) is 13.1 Å². The van der Waals surface area contributed by atoms with E-state index >= 15 is 0 Å². The van der Waals surface area contributed by atoms with E-state index in [1.165, 1.54) is 16.5 Å². The van der Waals surface area contributed by atoms with Gasteiger partial charge < -0.3 is 15.6 Å². The Morgan fingerprint density at radius 2 is 1.71 bits per heavy atom. The Bertz CT molecular complexity index is 1010. The lowest BCUT2D eigenvalue weighted by Gasteiger charge is -2.20. The first-order chi connectivity index (χ1) is 16.7. The van der Waals surface area contributed by atoms with Crippen molar-refractivity contribution in [3.05, 3.63) is 71.9 Å². The van der Waals surface area contributed by atoms with Crippen molar-refractivity contribution in [3.8, 4) is 0 Å². The van der Waals surface area contributed by atoms with Crippen LogP contribution in [0.1, 0.15) is 63.0 Å². The van der Waals surface area contributed by atoms with Crippen molar-refractivity contribution in [1.82, 2.24) is 15.6 Å². The molecule has 0 aliphatic rings. The monoisotopic (exact) mass is 461 g/mol. The highest BCUT2D eigenvalue weighted by atomic mass is 16.1. The van der Waals surface area contributed by atoms with Crippen LogP contribution in [0.5, 0.6) is 0 Å². The molecule has 0 radical (unpaired) electrons. The zero-order valence-electron chi connectivity index (χ0n) is 20.4. The van der Waals surface area contributed by atoms with Crippen molar-refractivity contribution in [1.29, 1.82) is 0 Å². The second kappa shape index (κ2) is 14.4. The number of fused-ring (bicyclic) bond motifs is 1. The molecular formula is C29H39N3O2. The quantitative estimate of drug-likeness (QED) is 0.252. The predicted octanol–water partition coefficient (Wildman–Crippen LogP) is 5.35. The number of carbonyl (C=O) groups excluding carboxylic acids is 2. The Hall–Kier alpha value is -2.92. The molecule has 3 N–H and O–H groups in total. The Morgan fingerprint density at radius 1 is 0.912 bits per heavy atom. The molecule has 0 fully saturated rings. The number of nitrogens with one attached hydrogen (secondary N) is 3. The topological polar surface area (TPSA) is 74.0 Å². The third-order valence-electron chi connectivity index (χ3n) is 6.39. The van der Waals surface area contributed by atoms with Crippen LogP contribution < -0.4 is 10.6 Å². The SMILES string of the molecule is CCC(=O)CCCCCC(CNCCc1ccccc1)NC(=O)CCc1c[nH]c2ccccc12. The van der Waals surface area contributed by atoms with Gasteiger partial charge in [0, 0.05) is 48.9 Å². The number of unbranched alkanes of at least 4 members (excludes halogenated alkanes) is 2. The van der Waals surface area contributed by atoms with Gasteiger partial charge in [-0.25, -0.2) is 0 Å². The van der Waals surface area contributed by atoms with Gasteiger partial charge in [0.25, 0.3) is 0 Å². The van der Waals surface area contributed by atoms with Crippen LogP contribution in [0.2, 0.25) is 0 Å². The number of hydrogen-bond donors (Lipinski definition) is 3. The van der Waals surface area contributed by atoms with Gasteiger partial charge in [0.15, 0.2) is 0 Å². The fraction of sp³-hybridized carbons (Fsp3) is 0.448. The summed E-state index contributed by atoms with van der Waals surface area (Å²) in [6.07, 6.45) is 9.40. The van der Waals surface area contributed by atoms with Gasteiger partial charge in [-0.2, -0.15) is 0 Å². The Morgan fingerprint density at radius 3 is 2.53 bits per heavy atom. The normalized spacial score (nSPS) is 12.0. The minimum absolute atomic E-state index is 0.0984. The van der Waals surface area contributed by atoms with Crippen LogP contribution in [0.25, 0.3) is 10.9 Å². The molecule has 1 aromatic heterocycles. The summed E-state index contributed by atoms with van der Waals surface area (Å²) in [4.78, 5) is 27.6. The molecule has 0 saturated heterocycles. The van der Waals surface area contributed by atoms with Crippen molar-refractivity contribution < 1.29 is 9.59 Å². The van der Waals surface area contributed by atoms with Crippen LogP contribution in [0.15, 0.2) is 60.8 Å². The third kappa shape index (κ3) is 8.79. The van der Waals surface area contributed by atoms with E-state index in [1.807, 2.05) is 31.3 Å². The summed E-state index contributed by atoms with van der Waals surface area (Å²) in [6.45, 7) is 3.57. The van der Waals surface area contributed by atoms with Gasteiger partial charge in [-0.3, -0.25) is 9.59 Å². The molecule has 0 aliphatic heterocycles. The number of rotatable bonds is 16. The molecule has 0 spiro atoms. The second-order valence-electron chi connectivity index (χ2n) is 9.06. The summed E-state index contributed by atoms with van der Waals surface area (Å²) >= 11 is 0. The number of H-pyrrole nitrogens is 1. The van der Waals surface area contributed by atoms with Gasteiger partial charge >= 0.3 is 0 Å². The lowest BCUT2D eigenvalue weighted by atomic mass is 10.0. The third-order valence-corrected chi connectivity index (χ3v) is 6.39. The molecule has 1 atom stereocenters. The lowest BCUT2D eigenvalue weighted by Crippen LogP contribution is -2.42. The Kier molecular flexibility index (Phi) is 10.9. The molecular weight excluding hydrogens is 422 g/mol. The Labute approximate surface area is 203 Å². The minimum atomic E-state index is 0.0984. The number of ketones is 1. The first-order valence-corrected chi connectivity index (χ1v) is 12.8. The molecule has 1 amide bonds. The molecule has 5 nitrogen and oxygen atoms in total. The zero-order valence-corrected chi connectivity index (χ0v) is 20.4. The number of para-hydroxylation sites is 1. The maximum absolute atomic E-state index is 12.8. The van der Waals surface area contributed by atoms with E-state index in [9.17, 15) is 9.59 Å². The first-order valence-electron chi connectivity index (χ1n) is 12.8. The summed E-state index contributed by atoms with van der Waals surface area (Å²) in [7, 11) is 0. The van der Waals surface area contributed by atoms with Gasteiger partial charge in [-0.15, -0.1) is 0 Å². The van der Waals surface area contributed by atoms with Crippen molar-refractivity contribution in [3.63, 3.8) is 0 Å². The number of hydrogen-bond acceptors (Lipinski definition) is 3. The number of carbonyl (C=O) groups is 2. The number of amides is 1. The van der Waals surface area contributed by atoms with Crippen LogP contribution in [0.4, 0.5) is 0 Å². The molecule has 0 aliphatic carbocycles. The predicted molar refractivity (Wildman–Crippen MR) is 140 cm³/mol. The number of benzene rings is 2. The van der Waals surface area contributed by atoms with Gasteiger partial charge in [-0.1, -0.05) is 68.3 Å². The molecule has 2 aromatic carbocycles. The van der Waals surface area contributed by atoms with Gasteiger partial charge in [-0.05, 0) is 49.4 Å². The molecule has 182 valence electrons.